The van der Waals surface area contributed by atoms with E-state index in [1.54, 1.807) is 0 Å². The summed E-state index contributed by atoms with van der Waals surface area (Å²) >= 11 is 0. The monoisotopic (exact) mass is 288 g/mol. The molecule has 1 aromatic rings. The normalized spacial score (nSPS) is 28.5. The summed E-state index contributed by atoms with van der Waals surface area (Å²) in [5.74, 6) is 0. The fourth-order valence-electron chi connectivity index (χ4n) is 3.39. The van der Waals surface area contributed by atoms with E-state index in [1.807, 2.05) is 0 Å². The van der Waals surface area contributed by atoms with Crippen LogP contribution in [0.1, 0.15) is 52.5 Å². The van der Waals surface area contributed by atoms with E-state index in [9.17, 15) is 0 Å². The Bertz CT molecular complexity index is 417. The lowest BCUT2D eigenvalue weighted by Crippen LogP contribution is -2.64. The molecule has 1 fully saturated rings. The largest absolute Gasteiger partial charge is 0.309 e. The Kier molecular flexibility index (Phi) is 5.83. The zero-order chi connectivity index (χ0) is 15.3. The van der Waals surface area contributed by atoms with Crippen LogP contribution in [0.2, 0.25) is 0 Å². The Hall–Kier alpha value is -0.860. The number of nitrogens with zero attached hydrogens (tertiary/aromatic N) is 1. The van der Waals surface area contributed by atoms with E-state index in [4.69, 9.17) is 0 Å². The minimum atomic E-state index is 0.284. The van der Waals surface area contributed by atoms with Gasteiger partial charge in [0.15, 0.2) is 0 Å². The first kappa shape index (κ1) is 16.5. The Labute approximate surface area is 130 Å². The van der Waals surface area contributed by atoms with Crippen molar-refractivity contribution in [3.05, 3.63) is 35.9 Å². The molecule has 0 spiro atoms. The van der Waals surface area contributed by atoms with Crippen LogP contribution < -0.4 is 5.32 Å². The highest BCUT2D eigenvalue weighted by Crippen LogP contribution is 2.24. The molecule has 0 amide bonds. The van der Waals surface area contributed by atoms with E-state index in [1.165, 1.54) is 37.8 Å². The molecule has 3 unspecified atom stereocenters. The van der Waals surface area contributed by atoms with Crippen LogP contribution in [0.25, 0.3) is 0 Å². The summed E-state index contributed by atoms with van der Waals surface area (Å²) in [4.78, 5) is 2.75. The van der Waals surface area contributed by atoms with Crippen molar-refractivity contribution in [3.63, 3.8) is 0 Å². The fraction of sp³-hybridized carbons (Fsp3) is 0.684. The number of nitrogens with one attached hydrogen (secondary N) is 1. The number of hydrogen-bond donors (Lipinski definition) is 1. The van der Waals surface area contributed by atoms with Gasteiger partial charge in [-0.2, -0.15) is 0 Å². The average Bonchev–Trinajstić information content (AvgIpc) is 2.53. The van der Waals surface area contributed by atoms with Crippen molar-refractivity contribution in [2.45, 2.75) is 71.0 Å². The Morgan fingerprint density at radius 2 is 2.00 bits per heavy atom. The van der Waals surface area contributed by atoms with Gasteiger partial charge in [0, 0.05) is 30.7 Å². The molecular weight excluding hydrogens is 256 g/mol. The van der Waals surface area contributed by atoms with Gasteiger partial charge >= 0.3 is 0 Å². The van der Waals surface area contributed by atoms with Crippen molar-refractivity contribution in [3.8, 4) is 0 Å². The summed E-state index contributed by atoms with van der Waals surface area (Å²) in [7, 11) is 0. The average molecular weight is 288 g/mol. The molecule has 1 N–H and O–H groups in total. The van der Waals surface area contributed by atoms with Crippen molar-refractivity contribution in [1.29, 1.82) is 0 Å². The van der Waals surface area contributed by atoms with E-state index < -0.39 is 0 Å². The van der Waals surface area contributed by atoms with Crippen LogP contribution in [0, 0.1) is 0 Å². The standard InChI is InChI=1S/C19H32N2/c1-5-18-14-20-19(4,6-2)15-21(18)16(3)12-13-17-10-8-7-9-11-17/h7-11,16,18,20H,5-6,12-15H2,1-4H3. The molecule has 0 aliphatic carbocycles. The second-order valence-corrected chi connectivity index (χ2v) is 6.90. The van der Waals surface area contributed by atoms with Crippen LogP contribution in [-0.2, 0) is 6.42 Å². The molecule has 1 aliphatic heterocycles. The predicted octanol–water partition coefficient (Wildman–Crippen LogP) is 3.86. The maximum Gasteiger partial charge on any atom is 0.0278 e. The van der Waals surface area contributed by atoms with Gasteiger partial charge in [-0.05, 0) is 45.1 Å². The van der Waals surface area contributed by atoms with E-state index >= 15 is 0 Å². The smallest absolute Gasteiger partial charge is 0.0278 e. The van der Waals surface area contributed by atoms with Crippen LogP contribution in [0.3, 0.4) is 0 Å². The molecule has 0 radical (unpaired) electrons. The van der Waals surface area contributed by atoms with Gasteiger partial charge in [0.2, 0.25) is 0 Å². The first-order valence-corrected chi connectivity index (χ1v) is 8.62. The molecule has 2 heteroatoms. The topological polar surface area (TPSA) is 15.3 Å². The van der Waals surface area contributed by atoms with Crippen LogP contribution in [0.4, 0.5) is 0 Å². The van der Waals surface area contributed by atoms with Crippen LogP contribution in [-0.4, -0.2) is 35.6 Å². The molecule has 3 atom stereocenters. The summed E-state index contributed by atoms with van der Waals surface area (Å²) in [6.45, 7) is 11.7. The summed E-state index contributed by atoms with van der Waals surface area (Å²) in [5, 5.41) is 3.76. The number of aryl methyl sites for hydroxylation is 1. The van der Waals surface area contributed by atoms with Gasteiger partial charge in [0.1, 0.15) is 0 Å². The van der Waals surface area contributed by atoms with Gasteiger partial charge in [-0.3, -0.25) is 4.90 Å². The van der Waals surface area contributed by atoms with E-state index in [0.29, 0.717) is 12.1 Å². The molecule has 21 heavy (non-hydrogen) atoms. The first-order valence-electron chi connectivity index (χ1n) is 8.62. The lowest BCUT2D eigenvalue weighted by Gasteiger charge is -2.48. The molecule has 0 aromatic heterocycles. The van der Waals surface area contributed by atoms with Crippen molar-refractivity contribution < 1.29 is 0 Å². The summed E-state index contributed by atoms with van der Waals surface area (Å²) in [5.41, 5.74) is 1.75. The van der Waals surface area contributed by atoms with Crippen LogP contribution in [0.15, 0.2) is 30.3 Å². The van der Waals surface area contributed by atoms with Gasteiger partial charge in [-0.1, -0.05) is 44.2 Å². The molecule has 1 aromatic carbocycles. The third kappa shape index (κ3) is 4.31. The van der Waals surface area contributed by atoms with Gasteiger partial charge < -0.3 is 5.32 Å². The summed E-state index contributed by atoms with van der Waals surface area (Å²) in [6, 6.07) is 12.2. The third-order valence-electron chi connectivity index (χ3n) is 5.28. The van der Waals surface area contributed by atoms with Crippen molar-refractivity contribution in [2.24, 2.45) is 0 Å². The molecular formula is C19H32N2. The molecule has 2 nitrogen and oxygen atoms in total. The van der Waals surface area contributed by atoms with Gasteiger partial charge in [0.25, 0.3) is 0 Å². The van der Waals surface area contributed by atoms with Gasteiger partial charge in [-0.25, -0.2) is 0 Å². The highest BCUT2D eigenvalue weighted by Gasteiger charge is 2.35. The van der Waals surface area contributed by atoms with E-state index in [0.717, 1.165) is 6.54 Å². The molecule has 1 heterocycles. The Morgan fingerprint density at radius 1 is 1.29 bits per heavy atom. The molecule has 1 saturated heterocycles. The molecule has 2 rings (SSSR count). The lowest BCUT2D eigenvalue weighted by atomic mass is 9.90. The molecule has 1 aliphatic rings. The van der Waals surface area contributed by atoms with Crippen LogP contribution in [0.5, 0.6) is 0 Å². The number of benzene rings is 1. The number of piperazine rings is 1. The third-order valence-corrected chi connectivity index (χ3v) is 5.28. The van der Waals surface area contributed by atoms with Crippen molar-refractivity contribution >= 4 is 0 Å². The lowest BCUT2D eigenvalue weighted by molar-refractivity contribution is 0.0469. The SMILES string of the molecule is CCC1CNC(C)(CC)CN1C(C)CCc1ccccc1. The fourth-order valence-corrected chi connectivity index (χ4v) is 3.39. The first-order chi connectivity index (χ1) is 10.1. The Morgan fingerprint density at radius 3 is 2.62 bits per heavy atom. The minimum Gasteiger partial charge on any atom is -0.309 e. The number of hydrogen-bond acceptors (Lipinski definition) is 2. The zero-order valence-corrected chi connectivity index (χ0v) is 14.2. The highest BCUT2D eigenvalue weighted by atomic mass is 15.3. The van der Waals surface area contributed by atoms with Crippen LogP contribution >= 0.6 is 0 Å². The summed E-state index contributed by atoms with van der Waals surface area (Å²) < 4.78 is 0. The molecule has 0 saturated carbocycles. The van der Waals surface area contributed by atoms with E-state index in [-0.39, 0.29) is 5.54 Å². The van der Waals surface area contributed by atoms with Gasteiger partial charge in [0.05, 0.1) is 0 Å². The second-order valence-electron chi connectivity index (χ2n) is 6.90. The maximum absolute atomic E-state index is 3.76. The quantitative estimate of drug-likeness (QED) is 0.855. The second kappa shape index (κ2) is 7.42. The maximum atomic E-state index is 3.76. The Balaban J connectivity index is 1.96. The predicted molar refractivity (Wildman–Crippen MR) is 91.7 cm³/mol. The van der Waals surface area contributed by atoms with E-state index in [2.05, 4.69) is 68.2 Å². The minimum absolute atomic E-state index is 0.284. The summed E-state index contributed by atoms with van der Waals surface area (Å²) in [6.07, 6.45) is 4.87. The van der Waals surface area contributed by atoms with Gasteiger partial charge in [-0.15, -0.1) is 0 Å². The van der Waals surface area contributed by atoms with Crippen molar-refractivity contribution in [1.82, 2.24) is 10.2 Å². The van der Waals surface area contributed by atoms with Crippen molar-refractivity contribution in [2.75, 3.05) is 13.1 Å². The molecule has 118 valence electrons. The molecule has 0 bridgehead atoms. The zero-order valence-electron chi connectivity index (χ0n) is 14.2. The highest BCUT2D eigenvalue weighted by molar-refractivity contribution is 5.14. The number of rotatable bonds is 6.